The highest BCUT2D eigenvalue weighted by atomic mass is 16.4. The number of carboxylic acid groups (broad SMARTS) is 2. The molecule has 0 radical (unpaired) electrons. The Hall–Kier alpha value is -5.52. The van der Waals surface area contributed by atoms with Gasteiger partial charge in [0.1, 0.15) is 11.5 Å². The number of hydrogen-bond acceptors (Lipinski definition) is 10. The number of aryl methyl sites for hydroxylation is 2. The third kappa shape index (κ3) is 9.29. The Labute approximate surface area is 327 Å². The van der Waals surface area contributed by atoms with Gasteiger partial charge >= 0.3 is 11.9 Å². The van der Waals surface area contributed by atoms with Gasteiger partial charge in [-0.1, -0.05) is 65.5 Å². The van der Waals surface area contributed by atoms with Crippen LogP contribution in [0, 0.1) is 13.8 Å². The van der Waals surface area contributed by atoms with Crippen LogP contribution in [0.4, 0.5) is 0 Å². The Kier molecular flexibility index (Phi) is 14.6. The van der Waals surface area contributed by atoms with Crippen LogP contribution in [0.2, 0.25) is 0 Å². The average molecular weight is 773 g/mol. The Bertz CT molecular complexity index is 2020. The molecular formula is C44H56N2O10. The van der Waals surface area contributed by atoms with Crippen molar-refractivity contribution in [1.82, 2.24) is 0 Å². The number of aliphatic carboxylic acids is 2. The molecule has 4 aromatic rings. The zero-order chi connectivity index (χ0) is 41.4. The summed E-state index contributed by atoms with van der Waals surface area (Å²) in [7, 11) is 0. The van der Waals surface area contributed by atoms with E-state index in [1.54, 1.807) is 26.0 Å². The van der Waals surface area contributed by atoms with Crippen LogP contribution >= 0.6 is 0 Å². The van der Waals surface area contributed by atoms with Crippen LogP contribution in [-0.2, 0) is 9.59 Å². The number of carbonyl (C=O) groups is 2. The predicted octanol–water partition coefficient (Wildman–Crippen LogP) is 9.67. The van der Waals surface area contributed by atoms with Gasteiger partial charge in [0.15, 0.2) is 23.0 Å². The van der Waals surface area contributed by atoms with Crippen molar-refractivity contribution in [2.75, 3.05) is 13.1 Å². The maximum absolute atomic E-state index is 12.3. The van der Waals surface area contributed by atoms with Crippen molar-refractivity contribution in [2.24, 2.45) is 9.98 Å². The molecule has 302 valence electrons. The molecule has 12 nitrogen and oxygen atoms in total. The molecule has 0 amide bonds. The van der Waals surface area contributed by atoms with Gasteiger partial charge in [-0.15, -0.1) is 0 Å². The zero-order valence-corrected chi connectivity index (χ0v) is 33.2. The molecule has 56 heavy (non-hydrogen) atoms. The van der Waals surface area contributed by atoms with Crippen LogP contribution in [0.3, 0.4) is 0 Å². The minimum absolute atomic E-state index is 0.102. The van der Waals surface area contributed by atoms with Gasteiger partial charge in [0, 0.05) is 82.5 Å². The first kappa shape index (κ1) is 43.2. The fraction of sp³-hybridized carbons (Fsp3) is 0.455. The van der Waals surface area contributed by atoms with Gasteiger partial charge in [-0.05, 0) is 73.3 Å². The second kappa shape index (κ2) is 18.9. The third-order valence-electron chi connectivity index (χ3n) is 10.3. The molecule has 0 bridgehead atoms. The summed E-state index contributed by atoms with van der Waals surface area (Å²) >= 11 is 0. The van der Waals surface area contributed by atoms with Crippen molar-refractivity contribution in [2.45, 2.75) is 118 Å². The van der Waals surface area contributed by atoms with Crippen LogP contribution in [0.1, 0.15) is 137 Å². The lowest BCUT2D eigenvalue weighted by molar-refractivity contribution is -0.138. The number of fused-ring (bicyclic) bond motifs is 2. The summed E-state index contributed by atoms with van der Waals surface area (Å²) in [6.07, 6.45) is 8.51. The molecule has 0 saturated heterocycles. The number of aromatic hydroxyl groups is 6. The van der Waals surface area contributed by atoms with Crippen molar-refractivity contribution < 1.29 is 50.4 Å². The molecule has 4 aromatic carbocycles. The molecule has 0 aliphatic carbocycles. The molecular weight excluding hydrogens is 716 g/mol. The lowest BCUT2D eigenvalue weighted by atomic mass is 9.83. The Morgan fingerprint density at radius 3 is 1.20 bits per heavy atom. The SMILES string of the molecule is Cc1cc2c(C(C)C)c(O)c(O)c(C=NCCCCCCC(=O)O)c2c(O)c1-c1c(C)cc2c(C(C)C)c(O)c(O)c(C=NCCCCCCC(=O)O)c2c1O. The molecule has 8 N–H and O–H groups in total. The highest BCUT2D eigenvalue weighted by Crippen LogP contribution is 2.54. The van der Waals surface area contributed by atoms with E-state index in [0.29, 0.717) is 71.8 Å². The monoisotopic (exact) mass is 772 g/mol. The van der Waals surface area contributed by atoms with Gasteiger partial charge in [-0.2, -0.15) is 0 Å². The Morgan fingerprint density at radius 1 is 0.536 bits per heavy atom. The van der Waals surface area contributed by atoms with E-state index in [2.05, 4.69) is 9.98 Å². The number of phenolic OH excluding ortho intramolecular Hbond substituents is 6. The smallest absolute Gasteiger partial charge is 0.303 e. The molecule has 0 unspecified atom stereocenters. The maximum Gasteiger partial charge on any atom is 0.303 e. The van der Waals surface area contributed by atoms with Gasteiger partial charge in [0.2, 0.25) is 0 Å². The molecule has 12 heteroatoms. The minimum atomic E-state index is -0.835. The predicted molar refractivity (Wildman–Crippen MR) is 221 cm³/mol. The average Bonchev–Trinajstić information content (AvgIpc) is 3.11. The highest BCUT2D eigenvalue weighted by molar-refractivity contribution is 6.15. The Balaban J connectivity index is 1.91. The van der Waals surface area contributed by atoms with Crippen LogP contribution < -0.4 is 0 Å². The molecule has 0 spiro atoms. The topological polar surface area (TPSA) is 221 Å². The number of aliphatic imine (C=N–C) groups is 2. The highest BCUT2D eigenvalue weighted by Gasteiger charge is 2.29. The number of benzene rings is 4. The largest absolute Gasteiger partial charge is 0.507 e. The van der Waals surface area contributed by atoms with E-state index in [1.165, 1.54) is 12.4 Å². The Morgan fingerprint density at radius 2 is 0.875 bits per heavy atom. The summed E-state index contributed by atoms with van der Waals surface area (Å²) in [6.45, 7) is 11.7. The quantitative estimate of drug-likeness (QED) is 0.0256. The number of nitrogens with zero attached hydrogens (tertiary/aromatic N) is 2. The van der Waals surface area contributed by atoms with Gasteiger partial charge in [-0.25, -0.2) is 0 Å². The lowest BCUT2D eigenvalue weighted by Crippen LogP contribution is -2.01. The van der Waals surface area contributed by atoms with E-state index >= 15 is 0 Å². The second-order valence-corrected chi connectivity index (χ2v) is 15.2. The van der Waals surface area contributed by atoms with E-state index in [-0.39, 0.29) is 80.7 Å². The van der Waals surface area contributed by atoms with Crippen molar-refractivity contribution in [3.05, 3.63) is 45.5 Å². The third-order valence-corrected chi connectivity index (χ3v) is 10.3. The number of hydrogen-bond donors (Lipinski definition) is 8. The standard InChI is InChI=1S/C44H56N2O10/c1-23(2)33-27-19-25(5)35(41(53)37(27)29(39(51)43(33)55)21-45-17-13-9-7-11-15-31(47)48)36-26(6)20-28-34(24(3)4)44(56)40(52)30(38(28)42(36)54)22-46-18-14-10-8-12-16-32(49)50/h19-24,51-56H,7-18H2,1-6H3,(H,47,48)(H,49,50). The van der Waals surface area contributed by atoms with E-state index < -0.39 is 23.4 Å². The molecule has 0 atom stereocenters. The van der Waals surface area contributed by atoms with Crippen molar-refractivity contribution in [3.8, 4) is 45.6 Å². The van der Waals surface area contributed by atoms with Crippen LogP contribution in [0.5, 0.6) is 34.5 Å². The van der Waals surface area contributed by atoms with Crippen molar-refractivity contribution in [3.63, 3.8) is 0 Å². The molecule has 0 saturated carbocycles. The minimum Gasteiger partial charge on any atom is -0.507 e. The fourth-order valence-electron chi connectivity index (χ4n) is 7.60. The molecule has 0 aliphatic rings. The van der Waals surface area contributed by atoms with Gasteiger partial charge in [0.05, 0.1) is 0 Å². The summed E-state index contributed by atoms with van der Waals surface area (Å²) in [5.74, 6) is -4.21. The van der Waals surface area contributed by atoms with E-state index in [0.717, 1.165) is 25.7 Å². The zero-order valence-electron chi connectivity index (χ0n) is 33.2. The van der Waals surface area contributed by atoms with Crippen LogP contribution in [0.25, 0.3) is 32.7 Å². The van der Waals surface area contributed by atoms with Crippen molar-refractivity contribution in [1.29, 1.82) is 0 Å². The summed E-state index contributed by atoms with van der Waals surface area (Å²) in [5, 5.41) is 89.0. The fourth-order valence-corrected chi connectivity index (χ4v) is 7.60. The second-order valence-electron chi connectivity index (χ2n) is 15.2. The first-order chi connectivity index (χ1) is 26.5. The normalized spacial score (nSPS) is 12.1. The molecule has 0 aliphatic heterocycles. The first-order valence-electron chi connectivity index (χ1n) is 19.4. The lowest BCUT2D eigenvalue weighted by Gasteiger charge is -2.23. The molecule has 0 fully saturated rings. The van der Waals surface area contributed by atoms with Crippen LogP contribution in [-0.4, -0.2) is 78.3 Å². The van der Waals surface area contributed by atoms with E-state index in [1.807, 2.05) is 27.7 Å². The number of carboxylic acids is 2. The summed E-state index contributed by atoms with van der Waals surface area (Å²) in [5.41, 5.74) is 2.73. The van der Waals surface area contributed by atoms with Gasteiger partial charge in [0.25, 0.3) is 0 Å². The van der Waals surface area contributed by atoms with E-state index in [4.69, 9.17) is 10.2 Å². The van der Waals surface area contributed by atoms with Gasteiger partial charge in [-0.3, -0.25) is 19.6 Å². The van der Waals surface area contributed by atoms with Gasteiger partial charge < -0.3 is 40.9 Å². The number of rotatable bonds is 19. The van der Waals surface area contributed by atoms with Crippen molar-refractivity contribution >= 4 is 45.9 Å². The number of unbranched alkanes of at least 4 members (excludes halogenated alkanes) is 6. The van der Waals surface area contributed by atoms with E-state index in [9.17, 15) is 40.2 Å². The molecule has 4 rings (SSSR count). The molecule has 0 aromatic heterocycles. The van der Waals surface area contributed by atoms with Crippen LogP contribution in [0.15, 0.2) is 22.1 Å². The summed E-state index contributed by atoms with van der Waals surface area (Å²) < 4.78 is 0. The number of phenols is 6. The summed E-state index contributed by atoms with van der Waals surface area (Å²) in [6, 6.07) is 3.60. The molecule has 0 heterocycles. The first-order valence-corrected chi connectivity index (χ1v) is 19.4. The maximum atomic E-state index is 12.3. The summed E-state index contributed by atoms with van der Waals surface area (Å²) in [4.78, 5) is 30.6.